The molecule has 0 aliphatic carbocycles. The number of hydrogen-bond donors (Lipinski definition) is 1. The lowest BCUT2D eigenvalue weighted by molar-refractivity contribution is -0.118. The topological polar surface area (TPSA) is 68.5 Å². The molecule has 2 aromatic heterocycles. The molecule has 1 N–H and O–H groups in total. The van der Waals surface area contributed by atoms with E-state index in [2.05, 4.69) is 38.1 Å². The fourth-order valence-electron chi connectivity index (χ4n) is 1.81. The molecule has 0 atom stereocenters. The van der Waals surface area contributed by atoms with E-state index in [0.717, 1.165) is 9.26 Å². The smallest absolute Gasteiger partial charge is 0.322 e. The van der Waals surface area contributed by atoms with Crippen LogP contribution in [0.25, 0.3) is 5.65 Å². The summed E-state index contributed by atoms with van der Waals surface area (Å²) in [6, 6.07) is 13.3. The van der Waals surface area contributed by atoms with Crippen LogP contribution < -0.4 is 10.1 Å². The van der Waals surface area contributed by atoms with Crippen molar-refractivity contribution < 1.29 is 9.53 Å². The molecule has 21 heavy (non-hydrogen) atoms. The second kappa shape index (κ2) is 6.08. The highest BCUT2D eigenvalue weighted by atomic mass is 127. The molecule has 3 rings (SSSR count). The Morgan fingerprint density at radius 1 is 1.24 bits per heavy atom. The van der Waals surface area contributed by atoms with Gasteiger partial charge < -0.3 is 10.1 Å². The minimum Gasteiger partial charge on any atom is -0.453 e. The van der Waals surface area contributed by atoms with Gasteiger partial charge in [-0.15, -0.1) is 5.10 Å². The molecule has 1 aromatic carbocycles. The van der Waals surface area contributed by atoms with Crippen LogP contribution in [0, 0.1) is 3.57 Å². The van der Waals surface area contributed by atoms with Crippen molar-refractivity contribution in [2.75, 3.05) is 11.9 Å². The zero-order valence-corrected chi connectivity index (χ0v) is 13.0. The second-order valence-corrected chi connectivity index (χ2v) is 5.50. The number of ether oxygens (including phenoxy) is 1. The molecule has 0 radical (unpaired) electrons. The van der Waals surface area contributed by atoms with Gasteiger partial charge in [0.25, 0.3) is 5.91 Å². The van der Waals surface area contributed by atoms with Gasteiger partial charge in [0.15, 0.2) is 12.3 Å². The Bertz CT molecular complexity index is 787. The highest BCUT2D eigenvalue weighted by Gasteiger charge is 2.09. The van der Waals surface area contributed by atoms with Crippen LogP contribution in [0.2, 0.25) is 0 Å². The molecule has 0 aliphatic heterocycles. The van der Waals surface area contributed by atoms with Crippen molar-refractivity contribution in [1.29, 1.82) is 0 Å². The summed E-state index contributed by atoms with van der Waals surface area (Å²) in [5.41, 5.74) is 1.41. The van der Waals surface area contributed by atoms with E-state index in [4.69, 9.17) is 4.74 Å². The third kappa shape index (κ3) is 3.30. The van der Waals surface area contributed by atoms with Gasteiger partial charge >= 0.3 is 6.01 Å². The van der Waals surface area contributed by atoms with Gasteiger partial charge in [0.2, 0.25) is 0 Å². The average molecular weight is 394 g/mol. The molecule has 3 aromatic rings. The van der Waals surface area contributed by atoms with Crippen LogP contribution in [0.1, 0.15) is 0 Å². The normalized spacial score (nSPS) is 10.5. The molecule has 0 aliphatic rings. The highest BCUT2D eigenvalue weighted by molar-refractivity contribution is 14.1. The fraction of sp³-hybridized carbons (Fsp3) is 0.0714. The first kappa shape index (κ1) is 13.8. The number of rotatable bonds is 4. The molecule has 2 heterocycles. The SMILES string of the molecule is O=C(COc1nnc2ccccn12)Nc1cccc(I)c1. The van der Waals surface area contributed by atoms with E-state index in [-0.39, 0.29) is 12.5 Å². The first-order chi connectivity index (χ1) is 10.2. The molecule has 0 fully saturated rings. The number of carbonyl (C=O) groups is 1. The Kier molecular flexibility index (Phi) is 4.00. The lowest BCUT2D eigenvalue weighted by atomic mass is 10.3. The lowest BCUT2D eigenvalue weighted by Gasteiger charge is -2.06. The minimum atomic E-state index is -0.246. The van der Waals surface area contributed by atoms with E-state index in [1.807, 2.05) is 42.5 Å². The highest BCUT2D eigenvalue weighted by Crippen LogP contribution is 2.13. The minimum absolute atomic E-state index is 0.124. The van der Waals surface area contributed by atoms with Gasteiger partial charge in [0.05, 0.1) is 0 Å². The molecule has 0 saturated heterocycles. The number of carbonyl (C=O) groups excluding carboxylic acids is 1. The standard InChI is InChI=1S/C14H11IN4O2/c15-10-4-3-5-11(8-10)16-13(20)9-21-14-18-17-12-6-1-2-7-19(12)14/h1-8H,9H2,(H,16,20). The summed E-state index contributed by atoms with van der Waals surface area (Å²) >= 11 is 2.19. The maximum absolute atomic E-state index is 11.9. The maximum atomic E-state index is 11.9. The fourth-order valence-corrected chi connectivity index (χ4v) is 2.35. The molecule has 1 amide bonds. The monoisotopic (exact) mass is 394 g/mol. The van der Waals surface area contributed by atoms with Crippen LogP contribution in [0.3, 0.4) is 0 Å². The quantitative estimate of drug-likeness (QED) is 0.690. The van der Waals surface area contributed by atoms with Crippen molar-refractivity contribution in [1.82, 2.24) is 14.6 Å². The van der Waals surface area contributed by atoms with Crippen LogP contribution in [0.15, 0.2) is 48.7 Å². The molecule has 106 valence electrons. The van der Waals surface area contributed by atoms with Crippen LogP contribution in [-0.2, 0) is 4.79 Å². The zero-order valence-electron chi connectivity index (χ0n) is 10.9. The first-order valence-corrected chi connectivity index (χ1v) is 7.28. The van der Waals surface area contributed by atoms with Gasteiger partial charge in [-0.2, -0.15) is 0 Å². The Morgan fingerprint density at radius 3 is 3.00 bits per heavy atom. The lowest BCUT2D eigenvalue weighted by Crippen LogP contribution is -2.20. The number of halogens is 1. The van der Waals surface area contributed by atoms with Gasteiger partial charge in [-0.3, -0.25) is 9.20 Å². The molecule has 7 heteroatoms. The number of aromatic nitrogens is 3. The van der Waals surface area contributed by atoms with E-state index in [0.29, 0.717) is 11.7 Å². The summed E-state index contributed by atoms with van der Waals surface area (Å²) in [4.78, 5) is 11.9. The summed E-state index contributed by atoms with van der Waals surface area (Å²) in [6.07, 6.45) is 1.78. The predicted octanol–water partition coefficient (Wildman–Crippen LogP) is 2.35. The molecular weight excluding hydrogens is 383 g/mol. The van der Waals surface area contributed by atoms with Crippen molar-refractivity contribution in [2.24, 2.45) is 0 Å². The van der Waals surface area contributed by atoms with Gasteiger partial charge in [0.1, 0.15) is 0 Å². The van der Waals surface area contributed by atoms with Crippen molar-refractivity contribution >= 4 is 39.8 Å². The first-order valence-electron chi connectivity index (χ1n) is 6.20. The van der Waals surface area contributed by atoms with Gasteiger partial charge in [-0.1, -0.05) is 17.2 Å². The van der Waals surface area contributed by atoms with E-state index in [1.165, 1.54) is 0 Å². The second-order valence-electron chi connectivity index (χ2n) is 4.26. The van der Waals surface area contributed by atoms with Crippen LogP contribution in [0.5, 0.6) is 6.01 Å². The van der Waals surface area contributed by atoms with Crippen LogP contribution in [-0.4, -0.2) is 27.1 Å². The predicted molar refractivity (Wildman–Crippen MR) is 86.3 cm³/mol. The molecule has 0 unspecified atom stereocenters. The molecular formula is C14H11IN4O2. The average Bonchev–Trinajstić information content (AvgIpc) is 2.88. The molecule has 0 saturated carbocycles. The zero-order chi connectivity index (χ0) is 14.7. The third-order valence-electron chi connectivity index (χ3n) is 2.72. The Morgan fingerprint density at radius 2 is 2.14 bits per heavy atom. The maximum Gasteiger partial charge on any atom is 0.322 e. The number of fused-ring (bicyclic) bond motifs is 1. The van der Waals surface area contributed by atoms with Crippen LogP contribution >= 0.6 is 22.6 Å². The van der Waals surface area contributed by atoms with Gasteiger partial charge in [-0.25, -0.2) is 0 Å². The van der Waals surface area contributed by atoms with E-state index in [1.54, 1.807) is 10.6 Å². The van der Waals surface area contributed by atoms with Crippen molar-refractivity contribution in [3.05, 3.63) is 52.2 Å². The van der Waals surface area contributed by atoms with Crippen molar-refractivity contribution in [2.45, 2.75) is 0 Å². The van der Waals surface area contributed by atoms with E-state index in [9.17, 15) is 4.79 Å². The Labute approximate surface area is 134 Å². The summed E-state index contributed by atoms with van der Waals surface area (Å²) in [5.74, 6) is -0.246. The third-order valence-corrected chi connectivity index (χ3v) is 3.39. The Balaban J connectivity index is 1.63. The molecule has 6 nitrogen and oxygen atoms in total. The summed E-state index contributed by atoms with van der Waals surface area (Å²) in [5, 5.41) is 10.6. The van der Waals surface area contributed by atoms with E-state index >= 15 is 0 Å². The van der Waals surface area contributed by atoms with Gasteiger partial charge in [-0.05, 0) is 52.9 Å². The number of hydrogen-bond acceptors (Lipinski definition) is 4. The molecule has 0 spiro atoms. The number of anilines is 1. The number of amides is 1. The van der Waals surface area contributed by atoms with E-state index < -0.39 is 0 Å². The number of nitrogens with zero attached hydrogens (tertiary/aromatic N) is 3. The summed E-state index contributed by atoms with van der Waals surface area (Å²) in [6.45, 7) is -0.124. The Hall–Kier alpha value is -2.16. The number of benzene rings is 1. The van der Waals surface area contributed by atoms with Crippen molar-refractivity contribution in [3.8, 4) is 6.01 Å². The number of nitrogens with one attached hydrogen (secondary N) is 1. The molecule has 0 bridgehead atoms. The van der Waals surface area contributed by atoms with Gasteiger partial charge in [0, 0.05) is 15.5 Å². The van der Waals surface area contributed by atoms with Crippen LogP contribution in [0.4, 0.5) is 5.69 Å². The summed E-state index contributed by atoms with van der Waals surface area (Å²) in [7, 11) is 0. The largest absolute Gasteiger partial charge is 0.453 e. The summed E-state index contributed by atoms with van der Waals surface area (Å²) < 4.78 is 8.13. The number of pyridine rings is 1. The van der Waals surface area contributed by atoms with Crippen molar-refractivity contribution in [3.63, 3.8) is 0 Å².